The Morgan fingerprint density at radius 1 is 0.345 bits per heavy atom. The van der Waals surface area contributed by atoms with Gasteiger partial charge in [-0.15, -0.1) is 11.3 Å². The second-order valence-corrected chi connectivity index (χ2v) is 16.5. The maximum absolute atomic E-state index is 5.56. The summed E-state index contributed by atoms with van der Waals surface area (Å²) in [6.45, 7) is 0. The molecule has 0 aliphatic heterocycles. The van der Waals surface area contributed by atoms with Crippen molar-refractivity contribution in [1.29, 1.82) is 0 Å². The first-order valence-corrected chi connectivity index (χ1v) is 20.8. The molecule has 12 rings (SSSR count). The Kier molecular flexibility index (Phi) is 7.38. The lowest BCUT2D eigenvalue weighted by molar-refractivity contribution is 0.769. The van der Waals surface area contributed by atoms with Gasteiger partial charge in [-0.05, 0) is 96.4 Å². The molecule has 1 aliphatic carbocycles. The predicted octanol–water partition coefficient (Wildman–Crippen LogP) is 15.1. The summed E-state index contributed by atoms with van der Waals surface area (Å²) in [5.41, 5.74) is 13.6. The largest absolute Gasteiger partial charge is 0.248 e. The van der Waals surface area contributed by atoms with E-state index in [9.17, 15) is 0 Å². The Morgan fingerprint density at radius 3 is 1.69 bits per heavy atom. The fraction of sp³-hybridized carbons (Fsp3) is 0.0179. The van der Waals surface area contributed by atoms with Crippen molar-refractivity contribution >= 4 is 53.1 Å². The molecule has 1 nitrogen and oxygen atoms in total. The Morgan fingerprint density at radius 2 is 0.931 bits per heavy atom. The summed E-state index contributed by atoms with van der Waals surface area (Å²) in [4.78, 5) is 5.56. The molecular weight excluding hydrogens is 719 g/mol. The third-order valence-electron chi connectivity index (χ3n) is 12.3. The molecule has 9 aromatic carbocycles. The summed E-state index contributed by atoms with van der Waals surface area (Å²) in [6, 6.07) is 78.2. The highest BCUT2D eigenvalue weighted by Crippen LogP contribution is 2.58. The number of nitrogens with zero attached hydrogens (tertiary/aromatic N) is 1. The number of benzene rings is 9. The monoisotopic (exact) mass is 753 g/mol. The van der Waals surface area contributed by atoms with Crippen LogP contribution in [0.1, 0.15) is 22.3 Å². The number of hydrogen-bond donors (Lipinski definition) is 0. The molecule has 0 unspecified atom stereocenters. The van der Waals surface area contributed by atoms with Crippen molar-refractivity contribution in [2.24, 2.45) is 0 Å². The minimum atomic E-state index is -0.532. The van der Waals surface area contributed by atoms with Crippen LogP contribution in [0.3, 0.4) is 0 Å². The molecule has 2 aromatic heterocycles. The van der Waals surface area contributed by atoms with Crippen LogP contribution in [0.4, 0.5) is 0 Å². The van der Waals surface area contributed by atoms with Gasteiger partial charge in [0.2, 0.25) is 0 Å². The van der Waals surface area contributed by atoms with Gasteiger partial charge in [-0.25, -0.2) is 4.98 Å². The number of thiophene rings is 1. The molecule has 0 atom stereocenters. The molecule has 0 fully saturated rings. The van der Waals surface area contributed by atoms with Crippen LogP contribution in [-0.4, -0.2) is 4.98 Å². The first-order valence-electron chi connectivity index (χ1n) is 19.9. The Bertz CT molecular complexity index is 3350. The Labute approximate surface area is 341 Å². The Hall–Kier alpha value is -7.13. The zero-order valence-corrected chi connectivity index (χ0v) is 32.4. The van der Waals surface area contributed by atoms with Gasteiger partial charge >= 0.3 is 0 Å². The van der Waals surface area contributed by atoms with Crippen molar-refractivity contribution in [2.45, 2.75) is 5.41 Å². The van der Waals surface area contributed by atoms with Gasteiger partial charge in [0.15, 0.2) is 0 Å². The van der Waals surface area contributed by atoms with Gasteiger partial charge in [0.05, 0.1) is 16.8 Å². The molecule has 0 bridgehead atoms. The zero-order valence-electron chi connectivity index (χ0n) is 31.6. The summed E-state index contributed by atoms with van der Waals surface area (Å²) in [7, 11) is 0. The lowest BCUT2D eigenvalue weighted by atomic mass is 9.67. The van der Waals surface area contributed by atoms with Crippen LogP contribution in [0.15, 0.2) is 212 Å². The molecule has 58 heavy (non-hydrogen) atoms. The molecule has 11 aromatic rings. The van der Waals surface area contributed by atoms with Crippen LogP contribution in [0.2, 0.25) is 0 Å². The van der Waals surface area contributed by atoms with E-state index in [-0.39, 0.29) is 0 Å². The fourth-order valence-corrected chi connectivity index (χ4v) is 10.9. The molecule has 0 radical (unpaired) electrons. The van der Waals surface area contributed by atoms with Crippen LogP contribution < -0.4 is 0 Å². The number of pyridine rings is 1. The van der Waals surface area contributed by atoms with Crippen molar-refractivity contribution in [3.05, 3.63) is 235 Å². The average molecular weight is 754 g/mol. The molecule has 2 heteroatoms. The molecular formula is C56H35NS. The van der Waals surface area contributed by atoms with E-state index in [4.69, 9.17) is 4.98 Å². The van der Waals surface area contributed by atoms with Gasteiger partial charge in [0.1, 0.15) is 0 Å². The second kappa shape index (κ2) is 13.0. The average Bonchev–Trinajstić information content (AvgIpc) is 3.82. The highest BCUT2D eigenvalue weighted by atomic mass is 32.1. The first kappa shape index (κ1) is 33.1. The molecule has 1 aliphatic rings. The van der Waals surface area contributed by atoms with E-state index in [0.717, 1.165) is 28.1 Å². The highest BCUT2D eigenvalue weighted by molar-refractivity contribution is 7.25. The van der Waals surface area contributed by atoms with Crippen LogP contribution in [0.25, 0.3) is 86.5 Å². The van der Waals surface area contributed by atoms with Crippen LogP contribution >= 0.6 is 11.3 Å². The molecule has 0 N–H and O–H groups in total. The minimum absolute atomic E-state index is 0.532. The second-order valence-electron chi connectivity index (χ2n) is 15.4. The fourth-order valence-electron chi connectivity index (χ4n) is 9.76. The summed E-state index contributed by atoms with van der Waals surface area (Å²) < 4.78 is 2.58. The van der Waals surface area contributed by atoms with E-state index >= 15 is 0 Å². The van der Waals surface area contributed by atoms with E-state index in [1.165, 1.54) is 80.7 Å². The van der Waals surface area contributed by atoms with Gasteiger partial charge < -0.3 is 0 Å². The van der Waals surface area contributed by atoms with Gasteiger partial charge in [0.25, 0.3) is 0 Å². The zero-order chi connectivity index (χ0) is 38.2. The molecule has 0 saturated carbocycles. The minimum Gasteiger partial charge on any atom is -0.248 e. The lowest BCUT2D eigenvalue weighted by Gasteiger charge is -2.34. The maximum atomic E-state index is 5.56. The highest BCUT2D eigenvalue weighted by Gasteiger charge is 2.46. The topological polar surface area (TPSA) is 12.9 Å². The molecule has 0 amide bonds. The van der Waals surface area contributed by atoms with E-state index in [1.807, 2.05) is 11.3 Å². The normalized spacial score (nSPS) is 13.0. The van der Waals surface area contributed by atoms with E-state index in [1.54, 1.807) is 0 Å². The van der Waals surface area contributed by atoms with Crippen molar-refractivity contribution < 1.29 is 0 Å². The smallest absolute Gasteiger partial charge is 0.0716 e. The third kappa shape index (κ3) is 4.92. The van der Waals surface area contributed by atoms with Gasteiger partial charge in [-0.1, -0.05) is 182 Å². The summed E-state index contributed by atoms with van der Waals surface area (Å²) in [5, 5.41) is 7.58. The standard InChI is InChI=1S/C56H35NS/c1-3-17-41(18-4-1)56(42-19-5-2-6-20-42)49-31-28-37-15-8-10-22-45(37)55(49)48-30-27-38(32-50(48)56)51-33-40(44-24-13-16-36-14-7-9-21-43(36)44)34-52(57-51)39-26-29-47-46-23-11-12-25-53(46)58-54(47)35-39/h1-35H. The van der Waals surface area contributed by atoms with E-state index in [0.29, 0.717) is 0 Å². The number of rotatable bonds is 5. The molecule has 0 spiro atoms. The van der Waals surface area contributed by atoms with Crippen LogP contribution in [-0.2, 0) is 5.41 Å². The van der Waals surface area contributed by atoms with Crippen molar-refractivity contribution in [3.8, 4) is 44.8 Å². The lowest BCUT2D eigenvalue weighted by Crippen LogP contribution is -2.28. The van der Waals surface area contributed by atoms with Crippen molar-refractivity contribution in [2.75, 3.05) is 0 Å². The van der Waals surface area contributed by atoms with Crippen molar-refractivity contribution in [1.82, 2.24) is 4.98 Å². The number of aromatic nitrogens is 1. The predicted molar refractivity (Wildman–Crippen MR) is 246 cm³/mol. The quantitative estimate of drug-likeness (QED) is 0.171. The Balaban J connectivity index is 1.14. The summed E-state index contributed by atoms with van der Waals surface area (Å²) in [6.07, 6.45) is 0. The molecule has 2 heterocycles. The van der Waals surface area contributed by atoms with Gasteiger partial charge in [0, 0.05) is 31.3 Å². The van der Waals surface area contributed by atoms with Gasteiger partial charge in [-0.2, -0.15) is 0 Å². The van der Waals surface area contributed by atoms with Gasteiger partial charge in [-0.3, -0.25) is 0 Å². The molecule has 270 valence electrons. The van der Waals surface area contributed by atoms with E-state index < -0.39 is 5.41 Å². The maximum Gasteiger partial charge on any atom is 0.0716 e. The molecule has 0 saturated heterocycles. The summed E-state index contributed by atoms with van der Waals surface area (Å²) in [5.74, 6) is 0. The van der Waals surface area contributed by atoms with Crippen molar-refractivity contribution in [3.63, 3.8) is 0 Å². The van der Waals surface area contributed by atoms with Crippen LogP contribution in [0.5, 0.6) is 0 Å². The number of hydrogen-bond acceptors (Lipinski definition) is 2. The SMILES string of the molecule is c1ccc(C2(c3ccccc3)c3cc(-c4cc(-c5cccc6ccccc56)cc(-c5ccc6c(c5)sc5ccccc56)n4)ccc3-c3c2ccc2ccccc32)cc1. The first-order chi connectivity index (χ1) is 28.7. The summed E-state index contributed by atoms with van der Waals surface area (Å²) >= 11 is 1.85. The number of fused-ring (bicyclic) bond motifs is 9. The third-order valence-corrected chi connectivity index (χ3v) is 13.5. The van der Waals surface area contributed by atoms with E-state index in [2.05, 4.69) is 212 Å². The van der Waals surface area contributed by atoms with Crippen LogP contribution in [0, 0.1) is 0 Å².